The molecule has 7 nitrogen and oxygen atoms in total. The zero-order valence-electron chi connectivity index (χ0n) is 19.1. The molecule has 1 aliphatic rings. The van der Waals surface area contributed by atoms with E-state index in [-0.39, 0.29) is 24.3 Å². The molecule has 0 aliphatic carbocycles. The van der Waals surface area contributed by atoms with Gasteiger partial charge in [-0.05, 0) is 24.6 Å². The average Bonchev–Trinajstić information content (AvgIpc) is 2.81. The first-order valence-electron chi connectivity index (χ1n) is 11.3. The first-order valence-corrected chi connectivity index (χ1v) is 11.7. The van der Waals surface area contributed by atoms with Crippen molar-refractivity contribution in [2.24, 2.45) is 5.92 Å². The average molecular weight is 458 g/mol. The highest BCUT2D eigenvalue weighted by Crippen LogP contribution is 2.26. The standard InChI is InChI=1S/C24H32ClN5O2/c1-4-5-12-30(24(32)18(2)3)17-23(31)29-15-13-28(14-16-29)22-11-10-21(26-27-22)19-8-6-7-9-20(19)25/h6-11,18H,4-5,12-17H2,1-3H3. The molecular formula is C24H32ClN5O2. The molecule has 2 amide bonds. The number of hydrogen-bond acceptors (Lipinski definition) is 5. The van der Waals surface area contributed by atoms with Crippen LogP contribution in [-0.4, -0.2) is 71.1 Å². The van der Waals surface area contributed by atoms with E-state index in [2.05, 4.69) is 22.0 Å². The first kappa shape index (κ1) is 24.0. The third kappa shape index (κ3) is 5.97. The Hall–Kier alpha value is -2.67. The molecule has 0 saturated carbocycles. The van der Waals surface area contributed by atoms with Gasteiger partial charge >= 0.3 is 0 Å². The minimum absolute atomic E-state index is 0.00917. The predicted octanol–water partition coefficient (Wildman–Crippen LogP) is 3.73. The summed E-state index contributed by atoms with van der Waals surface area (Å²) in [7, 11) is 0. The molecule has 3 rings (SSSR count). The van der Waals surface area contributed by atoms with Crippen LogP contribution < -0.4 is 4.90 Å². The molecule has 0 N–H and O–H groups in total. The van der Waals surface area contributed by atoms with Gasteiger partial charge < -0.3 is 14.7 Å². The number of nitrogens with zero attached hydrogens (tertiary/aromatic N) is 5. The summed E-state index contributed by atoms with van der Waals surface area (Å²) in [6, 6.07) is 11.4. The maximum atomic E-state index is 12.8. The third-order valence-corrected chi connectivity index (χ3v) is 6.00. The van der Waals surface area contributed by atoms with Gasteiger partial charge in [0.05, 0.1) is 17.3 Å². The van der Waals surface area contributed by atoms with Crippen LogP contribution in [0.2, 0.25) is 5.02 Å². The van der Waals surface area contributed by atoms with Gasteiger partial charge in [0.1, 0.15) is 0 Å². The van der Waals surface area contributed by atoms with Crippen molar-refractivity contribution in [3.63, 3.8) is 0 Å². The van der Waals surface area contributed by atoms with Gasteiger partial charge in [-0.1, -0.05) is 57.0 Å². The summed E-state index contributed by atoms with van der Waals surface area (Å²) in [6.45, 7) is 9.19. The largest absolute Gasteiger partial charge is 0.352 e. The number of carbonyl (C=O) groups excluding carboxylic acids is 2. The lowest BCUT2D eigenvalue weighted by molar-refractivity contribution is -0.142. The van der Waals surface area contributed by atoms with Crippen LogP contribution in [0.5, 0.6) is 0 Å². The second-order valence-corrected chi connectivity index (χ2v) is 8.80. The molecule has 1 fully saturated rings. The van der Waals surface area contributed by atoms with Gasteiger partial charge in [0.25, 0.3) is 0 Å². The van der Waals surface area contributed by atoms with E-state index in [4.69, 9.17) is 11.6 Å². The molecule has 0 unspecified atom stereocenters. The normalized spacial score (nSPS) is 14.0. The molecule has 2 aromatic rings. The van der Waals surface area contributed by atoms with Crippen molar-refractivity contribution in [3.05, 3.63) is 41.4 Å². The fourth-order valence-corrected chi connectivity index (χ4v) is 3.97. The molecule has 2 heterocycles. The Morgan fingerprint density at radius 1 is 1.06 bits per heavy atom. The molecular weight excluding hydrogens is 426 g/mol. The summed E-state index contributed by atoms with van der Waals surface area (Å²) in [5, 5.41) is 9.36. The van der Waals surface area contributed by atoms with Crippen molar-refractivity contribution in [2.75, 3.05) is 44.2 Å². The van der Waals surface area contributed by atoms with Gasteiger partial charge in [-0.3, -0.25) is 9.59 Å². The second-order valence-electron chi connectivity index (χ2n) is 8.39. The molecule has 0 spiro atoms. The van der Waals surface area contributed by atoms with Crippen LogP contribution in [-0.2, 0) is 9.59 Å². The Labute approximate surface area is 195 Å². The van der Waals surface area contributed by atoms with Crippen LogP contribution >= 0.6 is 11.6 Å². The second kappa shape index (κ2) is 11.3. The molecule has 1 saturated heterocycles. The summed E-state index contributed by atoms with van der Waals surface area (Å²) in [5.41, 5.74) is 1.59. The Bertz CT molecular complexity index is 911. The summed E-state index contributed by atoms with van der Waals surface area (Å²) in [4.78, 5) is 31.0. The third-order valence-electron chi connectivity index (χ3n) is 5.67. The van der Waals surface area contributed by atoms with Gasteiger partial charge in [0.2, 0.25) is 11.8 Å². The molecule has 0 bridgehead atoms. The highest BCUT2D eigenvalue weighted by atomic mass is 35.5. The number of hydrogen-bond donors (Lipinski definition) is 0. The zero-order chi connectivity index (χ0) is 23.1. The van der Waals surface area contributed by atoms with Crippen molar-refractivity contribution in [3.8, 4) is 11.3 Å². The molecule has 8 heteroatoms. The highest BCUT2D eigenvalue weighted by Gasteiger charge is 2.26. The lowest BCUT2D eigenvalue weighted by atomic mass is 10.1. The van der Waals surface area contributed by atoms with Crippen molar-refractivity contribution in [1.29, 1.82) is 0 Å². The lowest BCUT2D eigenvalue weighted by Gasteiger charge is -2.36. The number of piperazine rings is 1. The van der Waals surface area contributed by atoms with Gasteiger partial charge in [0, 0.05) is 44.2 Å². The Kier molecular flexibility index (Phi) is 8.45. The topological polar surface area (TPSA) is 69.6 Å². The van der Waals surface area contributed by atoms with E-state index in [1.807, 2.05) is 55.1 Å². The molecule has 0 atom stereocenters. The van der Waals surface area contributed by atoms with Crippen LogP contribution in [0.3, 0.4) is 0 Å². The molecule has 1 aromatic heterocycles. The van der Waals surface area contributed by atoms with Crippen molar-refractivity contribution in [1.82, 2.24) is 20.0 Å². The van der Waals surface area contributed by atoms with Crippen LogP contribution in [0.4, 0.5) is 5.82 Å². The van der Waals surface area contributed by atoms with Gasteiger partial charge in [-0.15, -0.1) is 10.2 Å². The number of benzene rings is 1. The van der Waals surface area contributed by atoms with Crippen LogP contribution in [0, 0.1) is 5.92 Å². The van der Waals surface area contributed by atoms with Crippen LogP contribution in [0.1, 0.15) is 33.6 Å². The summed E-state index contributed by atoms with van der Waals surface area (Å²) >= 11 is 6.25. The van der Waals surface area contributed by atoms with E-state index in [0.717, 1.165) is 29.9 Å². The SMILES string of the molecule is CCCCN(CC(=O)N1CCN(c2ccc(-c3ccccc3Cl)nn2)CC1)C(=O)C(C)C. The Balaban J connectivity index is 1.56. The van der Waals surface area contributed by atoms with Crippen molar-refractivity contribution in [2.45, 2.75) is 33.6 Å². The maximum Gasteiger partial charge on any atom is 0.242 e. The minimum atomic E-state index is -0.108. The van der Waals surface area contributed by atoms with E-state index in [1.54, 1.807) is 4.90 Å². The van der Waals surface area contributed by atoms with E-state index < -0.39 is 0 Å². The highest BCUT2D eigenvalue weighted by molar-refractivity contribution is 6.33. The van der Waals surface area contributed by atoms with E-state index in [9.17, 15) is 9.59 Å². The molecule has 172 valence electrons. The number of amides is 2. The lowest BCUT2D eigenvalue weighted by Crippen LogP contribution is -2.52. The number of halogens is 1. The van der Waals surface area contributed by atoms with Gasteiger partial charge in [-0.2, -0.15) is 0 Å². The molecule has 32 heavy (non-hydrogen) atoms. The molecule has 1 aliphatic heterocycles. The van der Waals surface area contributed by atoms with Crippen LogP contribution in [0.25, 0.3) is 11.3 Å². The fraction of sp³-hybridized carbons (Fsp3) is 0.500. The Morgan fingerprint density at radius 3 is 2.38 bits per heavy atom. The monoisotopic (exact) mass is 457 g/mol. The van der Waals surface area contributed by atoms with E-state index in [0.29, 0.717) is 37.7 Å². The number of aromatic nitrogens is 2. The molecule has 0 radical (unpaired) electrons. The predicted molar refractivity (Wildman–Crippen MR) is 128 cm³/mol. The van der Waals surface area contributed by atoms with E-state index in [1.165, 1.54) is 0 Å². The van der Waals surface area contributed by atoms with Crippen molar-refractivity contribution >= 4 is 29.2 Å². The van der Waals surface area contributed by atoms with E-state index >= 15 is 0 Å². The first-order chi connectivity index (χ1) is 15.4. The quantitative estimate of drug-likeness (QED) is 0.604. The summed E-state index contributed by atoms with van der Waals surface area (Å²) < 4.78 is 0. The molecule has 1 aromatic carbocycles. The number of rotatable bonds is 8. The van der Waals surface area contributed by atoms with Gasteiger partial charge in [0.15, 0.2) is 5.82 Å². The summed E-state index contributed by atoms with van der Waals surface area (Å²) in [6.07, 6.45) is 1.90. The zero-order valence-corrected chi connectivity index (χ0v) is 19.9. The van der Waals surface area contributed by atoms with Crippen LogP contribution in [0.15, 0.2) is 36.4 Å². The minimum Gasteiger partial charge on any atom is -0.352 e. The van der Waals surface area contributed by atoms with Gasteiger partial charge in [-0.25, -0.2) is 0 Å². The van der Waals surface area contributed by atoms with Crippen molar-refractivity contribution < 1.29 is 9.59 Å². The number of unbranched alkanes of at least 4 members (excludes halogenated alkanes) is 1. The smallest absolute Gasteiger partial charge is 0.242 e. The summed E-state index contributed by atoms with van der Waals surface area (Å²) in [5.74, 6) is 0.727. The maximum absolute atomic E-state index is 12.8. The fourth-order valence-electron chi connectivity index (χ4n) is 3.74. The number of carbonyl (C=O) groups is 2. The Morgan fingerprint density at radius 2 is 1.78 bits per heavy atom. The number of anilines is 1.